The van der Waals surface area contributed by atoms with Gasteiger partial charge in [0.1, 0.15) is 12.1 Å². The molecule has 2 saturated heterocycles. The van der Waals surface area contributed by atoms with Crippen LogP contribution in [-0.2, 0) is 9.59 Å². The van der Waals surface area contributed by atoms with Gasteiger partial charge in [0.25, 0.3) is 5.91 Å². The highest BCUT2D eigenvalue weighted by Gasteiger charge is 2.46. The number of nitrogens with one attached hydrogen (secondary N) is 2. The predicted octanol–water partition coefficient (Wildman–Crippen LogP) is 0.356. The van der Waals surface area contributed by atoms with E-state index in [2.05, 4.69) is 10.6 Å². The first kappa shape index (κ1) is 14.1. The van der Waals surface area contributed by atoms with Gasteiger partial charge < -0.3 is 15.5 Å². The normalized spacial score (nSPS) is 28.2. The average Bonchev–Trinajstić information content (AvgIpc) is 3.11. The molecule has 0 spiro atoms. The van der Waals surface area contributed by atoms with Gasteiger partial charge in [-0.05, 0) is 24.3 Å². The molecule has 6 nitrogen and oxygen atoms in total. The van der Waals surface area contributed by atoms with Crippen LogP contribution in [-0.4, -0.2) is 47.3 Å². The lowest BCUT2D eigenvalue weighted by molar-refractivity contribution is -0.147. The molecule has 3 atom stereocenters. The SMILES string of the molecule is CC[C@@H]1NC(=O)[C@@H]2C[C@H](NC(=O)c3cccs3)CN2C1=O. The number of carbonyl (C=O) groups is 3. The molecule has 0 saturated carbocycles. The minimum atomic E-state index is -0.450. The molecule has 7 heteroatoms. The maximum absolute atomic E-state index is 12.2. The van der Waals surface area contributed by atoms with Crippen molar-refractivity contribution < 1.29 is 14.4 Å². The van der Waals surface area contributed by atoms with Crippen molar-refractivity contribution in [3.8, 4) is 0 Å². The fourth-order valence-corrected chi connectivity index (χ4v) is 3.53. The average molecular weight is 307 g/mol. The molecule has 2 aliphatic rings. The second-order valence-electron chi connectivity index (χ2n) is 5.36. The highest BCUT2D eigenvalue weighted by molar-refractivity contribution is 7.12. The second-order valence-corrected chi connectivity index (χ2v) is 6.31. The van der Waals surface area contributed by atoms with Crippen molar-refractivity contribution in [3.05, 3.63) is 22.4 Å². The molecule has 0 aromatic carbocycles. The fraction of sp³-hybridized carbons (Fsp3) is 0.500. The van der Waals surface area contributed by atoms with Crippen LogP contribution in [0.25, 0.3) is 0 Å². The van der Waals surface area contributed by atoms with Gasteiger partial charge in [-0.1, -0.05) is 13.0 Å². The molecule has 0 unspecified atom stereocenters. The van der Waals surface area contributed by atoms with E-state index in [1.807, 2.05) is 18.4 Å². The second kappa shape index (κ2) is 5.48. The first-order valence-corrected chi connectivity index (χ1v) is 7.93. The molecule has 112 valence electrons. The Morgan fingerprint density at radius 3 is 3.00 bits per heavy atom. The van der Waals surface area contributed by atoms with E-state index in [0.29, 0.717) is 24.3 Å². The summed E-state index contributed by atoms with van der Waals surface area (Å²) in [5, 5.41) is 7.50. The first-order valence-electron chi connectivity index (χ1n) is 7.05. The third-order valence-electron chi connectivity index (χ3n) is 3.99. The molecule has 0 bridgehead atoms. The van der Waals surface area contributed by atoms with Crippen molar-refractivity contribution in [2.45, 2.75) is 37.9 Å². The minimum absolute atomic E-state index is 0.0463. The van der Waals surface area contributed by atoms with Crippen molar-refractivity contribution in [1.29, 1.82) is 0 Å². The molecule has 0 radical (unpaired) electrons. The zero-order valence-corrected chi connectivity index (χ0v) is 12.5. The number of rotatable bonds is 3. The van der Waals surface area contributed by atoms with Gasteiger partial charge in [0.05, 0.1) is 4.88 Å². The maximum atomic E-state index is 12.2. The molecule has 3 rings (SSSR count). The molecule has 1 aromatic heterocycles. The Morgan fingerprint density at radius 1 is 1.52 bits per heavy atom. The van der Waals surface area contributed by atoms with Gasteiger partial charge in [-0.25, -0.2) is 0 Å². The van der Waals surface area contributed by atoms with E-state index in [1.54, 1.807) is 11.0 Å². The molecule has 0 aliphatic carbocycles. The van der Waals surface area contributed by atoms with Gasteiger partial charge in [-0.15, -0.1) is 11.3 Å². The molecule has 3 heterocycles. The highest BCUT2D eigenvalue weighted by atomic mass is 32.1. The first-order chi connectivity index (χ1) is 10.1. The number of hydrogen-bond acceptors (Lipinski definition) is 4. The number of hydrogen-bond donors (Lipinski definition) is 2. The number of thiophene rings is 1. The van der Waals surface area contributed by atoms with Crippen LogP contribution < -0.4 is 10.6 Å². The summed E-state index contributed by atoms with van der Waals surface area (Å²) in [7, 11) is 0. The summed E-state index contributed by atoms with van der Waals surface area (Å²) in [6.45, 7) is 2.28. The Kier molecular flexibility index (Phi) is 3.67. The van der Waals surface area contributed by atoms with Gasteiger partial charge in [0.15, 0.2) is 0 Å². The van der Waals surface area contributed by atoms with Crippen molar-refractivity contribution >= 4 is 29.1 Å². The Morgan fingerprint density at radius 2 is 2.33 bits per heavy atom. The lowest BCUT2D eigenvalue weighted by atomic mass is 10.1. The van der Waals surface area contributed by atoms with Crippen LogP contribution >= 0.6 is 11.3 Å². The van der Waals surface area contributed by atoms with E-state index in [-0.39, 0.29) is 23.8 Å². The van der Waals surface area contributed by atoms with Crippen LogP contribution in [0.4, 0.5) is 0 Å². The summed E-state index contributed by atoms with van der Waals surface area (Å²) in [5.74, 6) is -0.306. The summed E-state index contributed by atoms with van der Waals surface area (Å²) < 4.78 is 0. The molecule has 2 aliphatic heterocycles. The van der Waals surface area contributed by atoms with Crippen molar-refractivity contribution in [2.75, 3.05) is 6.54 Å². The van der Waals surface area contributed by atoms with Crippen molar-refractivity contribution in [1.82, 2.24) is 15.5 Å². The molecule has 1 aromatic rings. The lowest BCUT2D eigenvalue weighted by Crippen LogP contribution is -2.60. The number of piperazine rings is 1. The van der Waals surface area contributed by atoms with Crippen LogP contribution in [0.3, 0.4) is 0 Å². The zero-order valence-electron chi connectivity index (χ0n) is 11.7. The van der Waals surface area contributed by atoms with Crippen LogP contribution in [0.2, 0.25) is 0 Å². The summed E-state index contributed by atoms with van der Waals surface area (Å²) >= 11 is 1.37. The van der Waals surface area contributed by atoms with Gasteiger partial charge in [0, 0.05) is 12.6 Å². The van der Waals surface area contributed by atoms with Crippen LogP contribution in [0.15, 0.2) is 17.5 Å². The van der Waals surface area contributed by atoms with E-state index in [0.717, 1.165) is 0 Å². The largest absolute Gasteiger partial charge is 0.347 e. The van der Waals surface area contributed by atoms with Crippen molar-refractivity contribution in [2.24, 2.45) is 0 Å². The number of amides is 3. The summed E-state index contributed by atoms with van der Waals surface area (Å²) in [4.78, 5) is 38.6. The summed E-state index contributed by atoms with van der Waals surface area (Å²) in [6, 6.07) is 2.53. The Bertz CT molecular complexity index is 572. The highest BCUT2D eigenvalue weighted by Crippen LogP contribution is 2.24. The van der Waals surface area contributed by atoms with Gasteiger partial charge in [0.2, 0.25) is 11.8 Å². The van der Waals surface area contributed by atoms with E-state index in [9.17, 15) is 14.4 Å². The topological polar surface area (TPSA) is 78.5 Å². The predicted molar refractivity (Wildman–Crippen MR) is 77.9 cm³/mol. The number of fused-ring (bicyclic) bond motifs is 1. The fourth-order valence-electron chi connectivity index (χ4n) is 2.90. The van der Waals surface area contributed by atoms with Gasteiger partial charge in [-0.3, -0.25) is 14.4 Å². The zero-order chi connectivity index (χ0) is 15.0. The van der Waals surface area contributed by atoms with Crippen LogP contribution in [0, 0.1) is 0 Å². The van der Waals surface area contributed by atoms with Crippen LogP contribution in [0.5, 0.6) is 0 Å². The molecule has 2 fully saturated rings. The number of carbonyl (C=O) groups excluding carboxylic acids is 3. The maximum Gasteiger partial charge on any atom is 0.261 e. The molecule has 2 N–H and O–H groups in total. The smallest absolute Gasteiger partial charge is 0.261 e. The van der Waals surface area contributed by atoms with Gasteiger partial charge >= 0.3 is 0 Å². The van der Waals surface area contributed by atoms with E-state index >= 15 is 0 Å². The Balaban J connectivity index is 1.68. The van der Waals surface area contributed by atoms with Crippen molar-refractivity contribution in [3.63, 3.8) is 0 Å². The monoisotopic (exact) mass is 307 g/mol. The standard InChI is InChI=1S/C14H17N3O3S/c1-2-9-14(20)17-7-8(6-10(17)12(18)16-9)15-13(19)11-4-3-5-21-11/h3-5,8-10H,2,6-7H2,1H3,(H,15,19)(H,16,18)/t8-,9-,10-/m0/s1. The van der Waals surface area contributed by atoms with E-state index < -0.39 is 12.1 Å². The Hall–Kier alpha value is -1.89. The minimum Gasteiger partial charge on any atom is -0.347 e. The summed E-state index contributed by atoms with van der Waals surface area (Å²) in [5.41, 5.74) is 0. The van der Waals surface area contributed by atoms with E-state index in [1.165, 1.54) is 11.3 Å². The number of nitrogens with zero attached hydrogens (tertiary/aromatic N) is 1. The molecular weight excluding hydrogens is 290 g/mol. The molecular formula is C14H17N3O3S. The quantitative estimate of drug-likeness (QED) is 0.846. The van der Waals surface area contributed by atoms with E-state index in [4.69, 9.17) is 0 Å². The Labute approximate surface area is 126 Å². The lowest BCUT2D eigenvalue weighted by Gasteiger charge is -2.33. The van der Waals surface area contributed by atoms with Crippen LogP contribution in [0.1, 0.15) is 29.4 Å². The molecule has 3 amide bonds. The molecule has 21 heavy (non-hydrogen) atoms. The summed E-state index contributed by atoms with van der Waals surface area (Å²) in [6.07, 6.45) is 1.06. The third-order valence-corrected chi connectivity index (χ3v) is 4.86. The third kappa shape index (κ3) is 2.53. The van der Waals surface area contributed by atoms with Gasteiger partial charge in [-0.2, -0.15) is 0 Å².